The fourth-order valence-electron chi connectivity index (χ4n) is 2.82. The second kappa shape index (κ2) is 9.72. The standard InChI is InChI=1S/C16H25N3O3.ClH/c1-21-14-5-3-4-12(8-14)18-16(20)11-19-7-6-15(22-2)9-13(19)10-17;/h3-5,8,13,15H,6-7,9-11,17H2,1-2H3,(H,18,20);1H. The SMILES string of the molecule is COc1cccc(NC(=O)CN2CCC(OC)CC2CN)c1.Cl. The van der Waals surface area contributed by atoms with Crippen LogP contribution < -0.4 is 15.8 Å². The van der Waals surface area contributed by atoms with Crippen molar-refractivity contribution in [2.75, 3.05) is 39.2 Å². The number of likely N-dealkylation sites (tertiary alicyclic amines) is 1. The molecule has 0 aromatic heterocycles. The van der Waals surface area contributed by atoms with Crippen molar-refractivity contribution < 1.29 is 14.3 Å². The minimum absolute atomic E-state index is 0. The number of carbonyl (C=O) groups excluding carboxylic acids is 1. The van der Waals surface area contributed by atoms with Gasteiger partial charge in [0.2, 0.25) is 5.91 Å². The summed E-state index contributed by atoms with van der Waals surface area (Å²) in [5.41, 5.74) is 6.57. The number of rotatable bonds is 6. The summed E-state index contributed by atoms with van der Waals surface area (Å²) in [6.07, 6.45) is 2.05. The number of ether oxygens (including phenoxy) is 2. The molecule has 0 bridgehead atoms. The smallest absolute Gasteiger partial charge is 0.238 e. The van der Waals surface area contributed by atoms with Crippen molar-refractivity contribution in [1.29, 1.82) is 0 Å². The summed E-state index contributed by atoms with van der Waals surface area (Å²) in [6, 6.07) is 7.53. The molecule has 2 rings (SSSR count). The number of methoxy groups -OCH3 is 2. The molecule has 1 aliphatic heterocycles. The normalized spacial score (nSPS) is 21.3. The third-order valence-corrected chi connectivity index (χ3v) is 4.10. The number of hydrogen-bond donors (Lipinski definition) is 2. The number of nitrogens with zero attached hydrogens (tertiary/aromatic N) is 1. The first-order chi connectivity index (χ1) is 10.7. The fraction of sp³-hybridized carbons (Fsp3) is 0.562. The van der Waals surface area contributed by atoms with Crippen LogP contribution in [0.4, 0.5) is 5.69 Å². The Bertz CT molecular complexity index is 501. The van der Waals surface area contributed by atoms with Crippen LogP contribution in [-0.2, 0) is 9.53 Å². The largest absolute Gasteiger partial charge is 0.497 e. The minimum atomic E-state index is -0.0393. The van der Waals surface area contributed by atoms with Crippen LogP contribution in [0, 0.1) is 0 Å². The van der Waals surface area contributed by atoms with Crippen LogP contribution in [0.5, 0.6) is 5.75 Å². The number of anilines is 1. The molecule has 7 heteroatoms. The van der Waals surface area contributed by atoms with Gasteiger partial charge in [0, 0.05) is 38.0 Å². The molecule has 1 aromatic carbocycles. The molecule has 6 nitrogen and oxygen atoms in total. The predicted octanol–water partition coefficient (Wildman–Crippen LogP) is 1.49. The van der Waals surface area contributed by atoms with Crippen LogP contribution in [0.2, 0.25) is 0 Å². The lowest BCUT2D eigenvalue weighted by atomic mass is 9.99. The summed E-state index contributed by atoms with van der Waals surface area (Å²) < 4.78 is 10.6. The molecule has 1 fully saturated rings. The maximum absolute atomic E-state index is 12.2. The van der Waals surface area contributed by atoms with Crippen molar-refractivity contribution >= 4 is 24.0 Å². The van der Waals surface area contributed by atoms with Crippen molar-refractivity contribution in [2.45, 2.75) is 25.0 Å². The maximum Gasteiger partial charge on any atom is 0.238 e. The third kappa shape index (κ3) is 5.66. The van der Waals surface area contributed by atoms with Gasteiger partial charge in [-0.15, -0.1) is 12.4 Å². The van der Waals surface area contributed by atoms with E-state index < -0.39 is 0 Å². The van der Waals surface area contributed by atoms with E-state index in [0.717, 1.165) is 30.8 Å². The zero-order chi connectivity index (χ0) is 15.9. The Morgan fingerprint density at radius 2 is 2.22 bits per heavy atom. The number of hydrogen-bond acceptors (Lipinski definition) is 5. The zero-order valence-electron chi connectivity index (χ0n) is 13.7. The van der Waals surface area contributed by atoms with Crippen LogP contribution >= 0.6 is 12.4 Å². The molecule has 1 amide bonds. The monoisotopic (exact) mass is 343 g/mol. The molecule has 2 unspecified atom stereocenters. The Morgan fingerprint density at radius 1 is 1.43 bits per heavy atom. The fourth-order valence-corrected chi connectivity index (χ4v) is 2.82. The summed E-state index contributed by atoms with van der Waals surface area (Å²) in [5, 5.41) is 2.90. The summed E-state index contributed by atoms with van der Waals surface area (Å²) >= 11 is 0. The van der Waals surface area contributed by atoms with E-state index in [4.69, 9.17) is 15.2 Å². The van der Waals surface area contributed by atoms with E-state index in [9.17, 15) is 4.79 Å². The Kier molecular flexibility index (Phi) is 8.33. The molecule has 130 valence electrons. The van der Waals surface area contributed by atoms with E-state index in [2.05, 4.69) is 10.2 Å². The first-order valence-electron chi connectivity index (χ1n) is 7.57. The van der Waals surface area contributed by atoms with Crippen molar-refractivity contribution in [3.8, 4) is 5.75 Å². The molecular formula is C16H26ClN3O3. The van der Waals surface area contributed by atoms with E-state index in [-0.39, 0.29) is 30.5 Å². The van der Waals surface area contributed by atoms with Crippen LogP contribution in [0.25, 0.3) is 0 Å². The van der Waals surface area contributed by atoms with Gasteiger partial charge < -0.3 is 20.5 Å². The second-order valence-electron chi connectivity index (χ2n) is 5.52. The van der Waals surface area contributed by atoms with Crippen LogP contribution in [0.15, 0.2) is 24.3 Å². The molecular weight excluding hydrogens is 318 g/mol. The number of amides is 1. The van der Waals surface area contributed by atoms with E-state index in [1.165, 1.54) is 0 Å². The number of nitrogens with one attached hydrogen (secondary N) is 1. The highest BCUT2D eigenvalue weighted by Gasteiger charge is 2.28. The Hall–Kier alpha value is -1.34. The van der Waals surface area contributed by atoms with E-state index in [1.807, 2.05) is 18.2 Å². The van der Waals surface area contributed by atoms with Gasteiger partial charge in [0.05, 0.1) is 19.8 Å². The predicted molar refractivity (Wildman–Crippen MR) is 93.3 cm³/mol. The van der Waals surface area contributed by atoms with Crippen LogP contribution in [0.3, 0.4) is 0 Å². The lowest BCUT2D eigenvalue weighted by Gasteiger charge is -2.37. The first kappa shape index (κ1) is 19.7. The molecule has 0 radical (unpaired) electrons. The molecule has 0 spiro atoms. The summed E-state index contributed by atoms with van der Waals surface area (Å²) in [6.45, 7) is 1.70. The third-order valence-electron chi connectivity index (χ3n) is 4.10. The van der Waals surface area contributed by atoms with E-state index in [1.54, 1.807) is 20.3 Å². The van der Waals surface area contributed by atoms with Gasteiger partial charge in [0.25, 0.3) is 0 Å². The van der Waals surface area contributed by atoms with E-state index >= 15 is 0 Å². The van der Waals surface area contributed by atoms with Gasteiger partial charge in [0.15, 0.2) is 0 Å². The lowest BCUT2D eigenvalue weighted by Crippen LogP contribution is -2.50. The average molecular weight is 344 g/mol. The van der Waals surface area contributed by atoms with Crippen LogP contribution in [-0.4, -0.2) is 56.8 Å². The van der Waals surface area contributed by atoms with Gasteiger partial charge in [-0.3, -0.25) is 9.69 Å². The van der Waals surface area contributed by atoms with Gasteiger partial charge >= 0.3 is 0 Å². The quantitative estimate of drug-likeness (QED) is 0.818. The van der Waals surface area contributed by atoms with Gasteiger partial charge in [-0.25, -0.2) is 0 Å². The molecule has 0 aliphatic carbocycles. The van der Waals surface area contributed by atoms with E-state index in [0.29, 0.717) is 13.1 Å². The Morgan fingerprint density at radius 3 is 2.87 bits per heavy atom. The number of halogens is 1. The highest BCUT2D eigenvalue weighted by Crippen LogP contribution is 2.20. The molecule has 3 N–H and O–H groups in total. The van der Waals surface area contributed by atoms with Crippen molar-refractivity contribution in [3.05, 3.63) is 24.3 Å². The topological polar surface area (TPSA) is 76.8 Å². The van der Waals surface area contributed by atoms with Gasteiger partial charge in [-0.2, -0.15) is 0 Å². The second-order valence-corrected chi connectivity index (χ2v) is 5.52. The number of piperidine rings is 1. The number of nitrogens with two attached hydrogens (primary N) is 1. The molecule has 23 heavy (non-hydrogen) atoms. The molecule has 1 aromatic rings. The summed E-state index contributed by atoms with van der Waals surface area (Å²) in [7, 11) is 3.33. The minimum Gasteiger partial charge on any atom is -0.497 e. The van der Waals surface area contributed by atoms with Crippen molar-refractivity contribution in [3.63, 3.8) is 0 Å². The van der Waals surface area contributed by atoms with Gasteiger partial charge in [0.1, 0.15) is 5.75 Å². The van der Waals surface area contributed by atoms with Gasteiger partial charge in [-0.1, -0.05) is 6.07 Å². The number of benzene rings is 1. The molecule has 1 heterocycles. The average Bonchev–Trinajstić information content (AvgIpc) is 2.55. The molecule has 1 saturated heterocycles. The molecule has 2 atom stereocenters. The lowest BCUT2D eigenvalue weighted by molar-refractivity contribution is -0.118. The highest BCUT2D eigenvalue weighted by molar-refractivity contribution is 5.92. The van der Waals surface area contributed by atoms with Gasteiger partial charge in [-0.05, 0) is 25.0 Å². The Labute approximate surface area is 143 Å². The summed E-state index contributed by atoms with van der Waals surface area (Å²) in [5.74, 6) is 0.682. The molecule has 1 aliphatic rings. The highest BCUT2D eigenvalue weighted by atomic mass is 35.5. The summed E-state index contributed by atoms with van der Waals surface area (Å²) in [4.78, 5) is 14.4. The zero-order valence-corrected chi connectivity index (χ0v) is 14.5. The maximum atomic E-state index is 12.2. The van der Waals surface area contributed by atoms with Crippen molar-refractivity contribution in [2.24, 2.45) is 5.73 Å². The molecule has 0 saturated carbocycles. The van der Waals surface area contributed by atoms with Crippen molar-refractivity contribution in [1.82, 2.24) is 4.90 Å². The Balaban J connectivity index is 0.00000264. The first-order valence-corrected chi connectivity index (χ1v) is 7.57. The number of carbonyl (C=O) groups is 1. The van der Waals surface area contributed by atoms with Crippen LogP contribution in [0.1, 0.15) is 12.8 Å².